The fourth-order valence-corrected chi connectivity index (χ4v) is 2.65. The second kappa shape index (κ2) is 7.62. The van der Waals surface area contributed by atoms with Crippen LogP contribution in [-0.4, -0.2) is 59.0 Å². The van der Waals surface area contributed by atoms with Crippen LogP contribution in [0.2, 0.25) is 0 Å². The quantitative estimate of drug-likeness (QED) is 0.806. The van der Waals surface area contributed by atoms with Gasteiger partial charge in [-0.3, -0.25) is 14.5 Å². The summed E-state index contributed by atoms with van der Waals surface area (Å²) in [5.74, 6) is -0.0410. The molecule has 3 atom stereocenters. The van der Waals surface area contributed by atoms with Gasteiger partial charge in [0.1, 0.15) is 0 Å². The van der Waals surface area contributed by atoms with Gasteiger partial charge in [0.2, 0.25) is 5.91 Å². The molecule has 0 saturated carbocycles. The van der Waals surface area contributed by atoms with Crippen LogP contribution in [0.15, 0.2) is 0 Å². The van der Waals surface area contributed by atoms with Crippen molar-refractivity contribution < 1.29 is 14.7 Å². The number of carbonyl (C=O) groups is 2. The lowest BCUT2D eigenvalue weighted by atomic mass is 9.92. The molecular formula is C15H28N2O3. The largest absolute Gasteiger partial charge is 0.481 e. The highest BCUT2D eigenvalue weighted by molar-refractivity contribution is 5.78. The van der Waals surface area contributed by atoms with Crippen molar-refractivity contribution in [2.45, 2.75) is 46.6 Å². The van der Waals surface area contributed by atoms with Gasteiger partial charge < -0.3 is 10.0 Å². The van der Waals surface area contributed by atoms with Gasteiger partial charge in [0, 0.05) is 38.1 Å². The van der Waals surface area contributed by atoms with Gasteiger partial charge in [0.05, 0.1) is 6.42 Å². The molecule has 0 spiro atoms. The molecule has 1 aliphatic heterocycles. The summed E-state index contributed by atoms with van der Waals surface area (Å²) in [4.78, 5) is 27.2. The summed E-state index contributed by atoms with van der Waals surface area (Å²) in [5.41, 5.74) is 0. The molecule has 116 valence electrons. The fourth-order valence-electron chi connectivity index (χ4n) is 2.65. The number of piperazine rings is 1. The van der Waals surface area contributed by atoms with E-state index < -0.39 is 5.97 Å². The number of rotatable bonds is 6. The van der Waals surface area contributed by atoms with Crippen LogP contribution in [0, 0.1) is 11.8 Å². The normalized spacial score (nSPS) is 21.3. The molecule has 20 heavy (non-hydrogen) atoms. The van der Waals surface area contributed by atoms with Gasteiger partial charge in [-0.15, -0.1) is 0 Å². The number of carboxylic acids is 1. The third-order valence-corrected chi connectivity index (χ3v) is 4.61. The highest BCUT2D eigenvalue weighted by Crippen LogP contribution is 2.19. The number of amides is 1. The van der Waals surface area contributed by atoms with Crippen molar-refractivity contribution in [1.82, 2.24) is 9.80 Å². The Morgan fingerprint density at radius 1 is 1.10 bits per heavy atom. The molecule has 1 aliphatic rings. The molecule has 5 heteroatoms. The van der Waals surface area contributed by atoms with E-state index in [0.717, 1.165) is 19.5 Å². The van der Waals surface area contributed by atoms with E-state index in [1.165, 1.54) is 0 Å². The topological polar surface area (TPSA) is 60.9 Å². The van der Waals surface area contributed by atoms with Crippen LogP contribution in [0.4, 0.5) is 0 Å². The summed E-state index contributed by atoms with van der Waals surface area (Å²) < 4.78 is 0. The van der Waals surface area contributed by atoms with Gasteiger partial charge in [-0.05, 0) is 12.8 Å². The second-order valence-corrected chi connectivity index (χ2v) is 5.98. The van der Waals surface area contributed by atoms with Crippen LogP contribution in [0.3, 0.4) is 0 Å². The maximum absolute atomic E-state index is 12.4. The van der Waals surface area contributed by atoms with E-state index in [4.69, 9.17) is 5.11 Å². The minimum absolute atomic E-state index is 0.0386. The molecular weight excluding hydrogens is 256 g/mol. The molecule has 1 heterocycles. The molecule has 1 rings (SSSR count). The summed E-state index contributed by atoms with van der Waals surface area (Å²) in [6, 6.07) is 0.0386. The molecule has 0 aromatic rings. The number of nitrogens with zero attached hydrogens (tertiary/aromatic N) is 2. The van der Waals surface area contributed by atoms with Crippen molar-refractivity contribution in [2.24, 2.45) is 11.8 Å². The maximum Gasteiger partial charge on any atom is 0.304 e. The van der Waals surface area contributed by atoms with E-state index in [0.29, 0.717) is 19.0 Å². The molecule has 0 aromatic heterocycles. The lowest BCUT2D eigenvalue weighted by Crippen LogP contribution is -2.53. The van der Waals surface area contributed by atoms with Crippen LogP contribution < -0.4 is 0 Å². The van der Waals surface area contributed by atoms with Crippen molar-refractivity contribution in [3.05, 3.63) is 0 Å². The van der Waals surface area contributed by atoms with E-state index in [1.54, 1.807) is 0 Å². The van der Waals surface area contributed by atoms with Gasteiger partial charge in [-0.1, -0.05) is 27.2 Å². The Morgan fingerprint density at radius 2 is 1.65 bits per heavy atom. The zero-order chi connectivity index (χ0) is 15.3. The minimum Gasteiger partial charge on any atom is -0.481 e. The maximum atomic E-state index is 12.4. The number of carboxylic acid groups (broad SMARTS) is 1. The SMILES string of the molecule is CCC(C)C(C)C(=O)N1CCN(C(C)CC(=O)O)CC1. The van der Waals surface area contributed by atoms with E-state index >= 15 is 0 Å². The standard InChI is InChI=1S/C15H28N2O3/c1-5-11(2)13(4)15(20)17-8-6-16(7-9-17)12(3)10-14(18)19/h11-13H,5-10H2,1-4H3,(H,18,19). The highest BCUT2D eigenvalue weighted by atomic mass is 16.4. The van der Waals surface area contributed by atoms with Gasteiger partial charge >= 0.3 is 5.97 Å². The van der Waals surface area contributed by atoms with Crippen molar-refractivity contribution >= 4 is 11.9 Å². The van der Waals surface area contributed by atoms with Gasteiger partial charge in [0.25, 0.3) is 0 Å². The van der Waals surface area contributed by atoms with Gasteiger partial charge in [0.15, 0.2) is 0 Å². The smallest absolute Gasteiger partial charge is 0.304 e. The monoisotopic (exact) mass is 284 g/mol. The van der Waals surface area contributed by atoms with Crippen molar-refractivity contribution in [1.29, 1.82) is 0 Å². The Hall–Kier alpha value is -1.10. The van der Waals surface area contributed by atoms with Crippen LogP contribution in [0.25, 0.3) is 0 Å². The molecule has 0 aromatic carbocycles. The first kappa shape index (κ1) is 17.0. The van der Waals surface area contributed by atoms with Crippen molar-refractivity contribution in [3.63, 3.8) is 0 Å². The average Bonchev–Trinajstić information content (AvgIpc) is 2.44. The minimum atomic E-state index is -0.763. The number of hydrogen-bond donors (Lipinski definition) is 1. The Kier molecular flexibility index (Phi) is 6.46. The van der Waals surface area contributed by atoms with E-state index in [1.807, 2.05) is 18.7 Å². The van der Waals surface area contributed by atoms with E-state index in [9.17, 15) is 9.59 Å². The molecule has 0 aliphatic carbocycles. The molecule has 5 nitrogen and oxygen atoms in total. The summed E-state index contributed by atoms with van der Waals surface area (Å²) in [7, 11) is 0. The predicted molar refractivity (Wildman–Crippen MR) is 78.5 cm³/mol. The Labute approximate surface area is 121 Å². The van der Waals surface area contributed by atoms with Crippen LogP contribution in [0.1, 0.15) is 40.5 Å². The van der Waals surface area contributed by atoms with Gasteiger partial charge in [-0.25, -0.2) is 0 Å². The lowest BCUT2D eigenvalue weighted by Gasteiger charge is -2.39. The molecule has 1 fully saturated rings. The number of carbonyl (C=O) groups excluding carboxylic acids is 1. The summed E-state index contributed by atoms with van der Waals surface area (Å²) in [6.07, 6.45) is 1.18. The summed E-state index contributed by atoms with van der Waals surface area (Å²) in [5, 5.41) is 8.82. The fraction of sp³-hybridized carbons (Fsp3) is 0.867. The first-order chi connectivity index (χ1) is 9.36. The van der Waals surface area contributed by atoms with Crippen molar-refractivity contribution in [2.75, 3.05) is 26.2 Å². The van der Waals surface area contributed by atoms with Crippen molar-refractivity contribution in [3.8, 4) is 0 Å². The number of hydrogen-bond acceptors (Lipinski definition) is 3. The third-order valence-electron chi connectivity index (χ3n) is 4.61. The zero-order valence-corrected chi connectivity index (χ0v) is 13.1. The molecule has 1 N–H and O–H groups in total. The van der Waals surface area contributed by atoms with Crippen LogP contribution in [0.5, 0.6) is 0 Å². The first-order valence-electron chi connectivity index (χ1n) is 7.61. The molecule has 1 saturated heterocycles. The van der Waals surface area contributed by atoms with Gasteiger partial charge in [-0.2, -0.15) is 0 Å². The van der Waals surface area contributed by atoms with E-state index in [2.05, 4.69) is 18.7 Å². The molecule has 0 radical (unpaired) electrons. The summed E-state index contributed by atoms with van der Waals surface area (Å²) in [6.45, 7) is 11.1. The highest BCUT2D eigenvalue weighted by Gasteiger charge is 2.29. The first-order valence-corrected chi connectivity index (χ1v) is 7.61. The summed E-state index contributed by atoms with van der Waals surface area (Å²) >= 11 is 0. The molecule has 1 amide bonds. The van der Waals surface area contributed by atoms with Crippen LogP contribution in [-0.2, 0) is 9.59 Å². The predicted octanol–water partition coefficient (Wildman–Crippen LogP) is 1.68. The third kappa shape index (κ3) is 4.47. The Balaban J connectivity index is 2.45. The number of aliphatic carboxylic acids is 1. The Bertz CT molecular complexity index is 338. The second-order valence-electron chi connectivity index (χ2n) is 5.98. The van der Waals surface area contributed by atoms with Crippen LogP contribution >= 0.6 is 0 Å². The Morgan fingerprint density at radius 3 is 2.10 bits per heavy atom. The molecule has 0 bridgehead atoms. The average molecular weight is 284 g/mol. The lowest BCUT2D eigenvalue weighted by molar-refractivity contribution is -0.141. The zero-order valence-electron chi connectivity index (χ0n) is 13.1. The molecule has 3 unspecified atom stereocenters. The van der Waals surface area contributed by atoms with E-state index in [-0.39, 0.29) is 24.3 Å².